The van der Waals surface area contributed by atoms with Crippen LogP contribution in [0.15, 0.2) is 24.4 Å². The molecule has 0 saturated heterocycles. The van der Waals surface area contributed by atoms with Gasteiger partial charge < -0.3 is 9.64 Å². The van der Waals surface area contributed by atoms with Crippen LogP contribution in [0.3, 0.4) is 0 Å². The smallest absolute Gasteiger partial charge is 0.267 e. The fourth-order valence-corrected chi connectivity index (χ4v) is 4.24. The van der Waals surface area contributed by atoms with Crippen molar-refractivity contribution in [1.29, 1.82) is 0 Å². The van der Waals surface area contributed by atoms with Crippen molar-refractivity contribution in [1.82, 2.24) is 19.7 Å². The summed E-state index contributed by atoms with van der Waals surface area (Å²) in [6, 6.07) is 5.55. The third kappa shape index (κ3) is 5.19. The minimum atomic E-state index is -0.178. The summed E-state index contributed by atoms with van der Waals surface area (Å²) in [7, 11) is 3.28. The predicted octanol–water partition coefficient (Wildman–Crippen LogP) is 4.10. The van der Waals surface area contributed by atoms with E-state index in [2.05, 4.69) is 28.8 Å². The van der Waals surface area contributed by atoms with Crippen LogP contribution in [0, 0.1) is 0 Å². The molecule has 0 fully saturated rings. The second-order valence-corrected chi connectivity index (χ2v) is 7.76. The molecule has 0 N–H and O–H groups in total. The molecule has 0 bridgehead atoms. The fraction of sp³-hybridized carbons (Fsp3) is 0.421. The molecule has 7 nitrogen and oxygen atoms in total. The van der Waals surface area contributed by atoms with Gasteiger partial charge in [-0.15, -0.1) is 17.5 Å². The molecule has 0 unspecified atom stereocenters. The maximum atomic E-state index is 13.4. The van der Waals surface area contributed by atoms with Gasteiger partial charge in [0.05, 0.1) is 17.3 Å². The van der Waals surface area contributed by atoms with E-state index in [1.54, 1.807) is 28.9 Å². The van der Waals surface area contributed by atoms with Crippen LogP contribution in [-0.4, -0.2) is 58.9 Å². The summed E-state index contributed by atoms with van der Waals surface area (Å²) in [5.74, 6) is 0.131. The average Bonchev–Trinajstić information content (AvgIpc) is 3.27. The number of thiazole rings is 1. The second-order valence-electron chi connectivity index (χ2n) is 6.32. The Hall–Kier alpha value is -1.87. The molecular formula is C19H25Cl2N5O2S. The number of carbonyl (C=O) groups excluding carboxylic acids is 1. The monoisotopic (exact) mass is 457 g/mol. The van der Waals surface area contributed by atoms with Gasteiger partial charge in [-0.3, -0.25) is 14.4 Å². The van der Waals surface area contributed by atoms with E-state index >= 15 is 0 Å². The molecule has 0 aliphatic rings. The van der Waals surface area contributed by atoms with E-state index in [9.17, 15) is 4.79 Å². The Kier molecular flexibility index (Phi) is 8.27. The third-order valence-electron chi connectivity index (χ3n) is 4.57. The van der Waals surface area contributed by atoms with E-state index in [1.165, 1.54) is 18.4 Å². The molecule has 0 spiro atoms. The predicted molar refractivity (Wildman–Crippen MR) is 121 cm³/mol. The van der Waals surface area contributed by atoms with E-state index in [1.807, 2.05) is 12.1 Å². The lowest BCUT2D eigenvalue weighted by atomic mass is 10.3. The van der Waals surface area contributed by atoms with Crippen LogP contribution in [0.1, 0.15) is 24.2 Å². The molecule has 29 heavy (non-hydrogen) atoms. The Morgan fingerprint density at radius 2 is 2.00 bits per heavy atom. The summed E-state index contributed by atoms with van der Waals surface area (Å²) in [5, 5.41) is 5.50. The van der Waals surface area contributed by atoms with Crippen molar-refractivity contribution >= 4 is 56.6 Å². The van der Waals surface area contributed by atoms with Crippen molar-refractivity contribution in [2.45, 2.75) is 13.8 Å². The summed E-state index contributed by atoms with van der Waals surface area (Å²) < 4.78 is 7.81. The Morgan fingerprint density at radius 3 is 2.66 bits per heavy atom. The maximum Gasteiger partial charge on any atom is 0.267 e. The zero-order valence-corrected chi connectivity index (χ0v) is 19.3. The van der Waals surface area contributed by atoms with Crippen molar-refractivity contribution in [3.8, 4) is 5.88 Å². The quantitative estimate of drug-likeness (QED) is 0.509. The molecule has 0 atom stereocenters. The number of aryl methyl sites for hydroxylation is 1. The summed E-state index contributed by atoms with van der Waals surface area (Å²) in [5.41, 5.74) is 1.24. The van der Waals surface area contributed by atoms with E-state index in [4.69, 9.17) is 16.3 Å². The highest BCUT2D eigenvalue weighted by atomic mass is 35.5. The van der Waals surface area contributed by atoms with Gasteiger partial charge in [0.25, 0.3) is 5.91 Å². The van der Waals surface area contributed by atoms with Crippen LogP contribution in [0.4, 0.5) is 5.13 Å². The van der Waals surface area contributed by atoms with E-state index in [0.29, 0.717) is 28.1 Å². The van der Waals surface area contributed by atoms with Gasteiger partial charge >= 0.3 is 0 Å². The summed E-state index contributed by atoms with van der Waals surface area (Å²) in [6.45, 7) is 7.33. The number of fused-ring (bicyclic) bond motifs is 1. The molecule has 1 amide bonds. The van der Waals surface area contributed by atoms with Gasteiger partial charge in [0, 0.05) is 31.4 Å². The first-order valence-electron chi connectivity index (χ1n) is 9.14. The minimum Gasteiger partial charge on any atom is -0.479 e. The molecule has 3 aromatic rings. The molecule has 3 rings (SSSR count). The molecule has 2 heterocycles. The van der Waals surface area contributed by atoms with Gasteiger partial charge in [-0.05, 0) is 31.3 Å². The Labute approximate surface area is 185 Å². The Balaban J connectivity index is 0.00000300. The van der Waals surface area contributed by atoms with E-state index < -0.39 is 0 Å². The number of anilines is 1. The van der Waals surface area contributed by atoms with Crippen LogP contribution in [0.25, 0.3) is 10.2 Å². The lowest BCUT2D eigenvalue weighted by Gasteiger charge is -2.24. The topological polar surface area (TPSA) is 63.5 Å². The van der Waals surface area contributed by atoms with Crippen LogP contribution < -0.4 is 9.64 Å². The molecule has 0 aliphatic heterocycles. The van der Waals surface area contributed by atoms with E-state index in [0.717, 1.165) is 29.9 Å². The lowest BCUT2D eigenvalue weighted by Crippen LogP contribution is -2.38. The molecule has 1 aromatic carbocycles. The number of rotatable bonds is 8. The van der Waals surface area contributed by atoms with Crippen LogP contribution in [0.2, 0.25) is 5.02 Å². The number of halogens is 2. The first-order chi connectivity index (χ1) is 13.5. The first-order valence-corrected chi connectivity index (χ1v) is 10.3. The SMILES string of the molecule is CCN(CC)CCN(C(=O)c1cn(C)nc1OC)c1nc2ccc(Cl)cc2s1.Cl. The molecule has 2 aromatic heterocycles. The summed E-state index contributed by atoms with van der Waals surface area (Å²) in [4.78, 5) is 22.0. The van der Waals surface area contributed by atoms with Crippen molar-refractivity contribution in [2.24, 2.45) is 7.05 Å². The number of aromatic nitrogens is 3. The molecule has 10 heteroatoms. The second kappa shape index (κ2) is 10.2. The number of likely N-dealkylation sites (N-methyl/N-ethyl adjacent to an activating group) is 1. The van der Waals surface area contributed by atoms with Crippen molar-refractivity contribution < 1.29 is 9.53 Å². The van der Waals surface area contributed by atoms with Crippen LogP contribution in [0.5, 0.6) is 5.88 Å². The molecular weight excluding hydrogens is 433 g/mol. The van der Waals surface area contributed by atoms with Crippen LogP contribution >= 0.6 is 35.3 Å². The number of hydrogen-bond acceptors (Lipinski definition) is 6. The summed E-state index contributed by atoms with van der Waals surface area (Å²) >= 11 is 7.57. The van der Waals surface area contributed by atoms with Crippen molar-refractivity contribution in [2.75, 3.05) is 38.2 Å². The van der Waals surface area contributed by atoms with Gasteiger partial charge in [0.15, 0.2) is 5.13 Å². The van der Waals surface area contributed by atoms with Gasteiger partial charge in [-0.25, -0.2) is 4.98 Å². The number of hydrogen-bond donors (Lipinski definition) is 0. The van der Waals surface area contributed by atoms with Gasteiger partial charge in [-0.2, -0.15) is 0 Å². The van der Waals surface area contributed by atoms with Gasteiger partial charge in [0.1, 0.15) is 5.56 Å². The fourth-order valence-electron chi connectivity index (χ4n) is 2.98. The minimum absolute atomic E-state index is 0. The van der Waals surface area contributed by atoms with Gasteiger partial charge in [-0.1, -0.05) is 36.8 Å². The maximum absolute atomic E-state index is 13.4. The lowest BCUT2D eigenvalue weighted by molar-refractivity contribution is 0.0981. The highest BCUT2D eigenvalue weighted by molar-refractivity contribution is 7.22. The van der Waals surface area contributed by atoms with Crippen molar-refractivity contribution in [3.05, 3.63) is 35.0 Å². The molecule has 158 valence electrons. The first kappa shape index (κ1) is 23.4. The highest BCUT2D eigenvalue weighted by Gasteiger charge is 2.26. The zero-order chi connectivity index (χ0) is 20.3. The van der Waals surface area contributed by atoms with Gasteiger partial charge in [0.2, 0.25) is 5.88 Å². The standard InChI is InChI=1S/C19H24ClN5O2S.ClH/c1-5-24(6-2)9-10-25(18(26)14-12-23(3)22-17(14)27-4)19-21-15-8-7-13(20)11-16(15)28-19;/h7-8,11-12H,5-6,9-10H2,1-4H3;1H. The number of methoxy groups -OCH3 is 1. The Morgan fingerprint density at radius 1 is 1.28 bits per heavy atom. The number of nitrogens with zero attached hydrogens (tertiary/aromatic N) is 5. The number of benzene rings is 1. The molecule has 0 aliphatic carbocycles. The molecule has 0 saturated carbocycles. The third-order valence-corrected chi connectivity index (χ3v) is 5.84. The van der Waals surface area contributed by atoms with Crippen molar-refractivity contribution in [3.63, 3.8) is 0 Å². The number of ether oxygens (including phenoxy) is 1. The number of carbonyl (C=O) groups is 1. The largest absolute Gasteiger partial charge is 0.479 e. The average molecular weight is 458 g/mol. The summed E-state index contributed by atoms with van der Waals surface area (Å²) in [6.07, 6.45) is 1.68. The number of amides is 1. The van der Waals surface area contributed by atoms with E-state index in [-0.39, 0.29) is 18.3 Å². The molecule has 0 radical (unpaired) electrons. The highest BCUT2D eigenvalue weighted by Crippen LogP contribution is 2.32. The zero-order valence-electron chi connectivity index (χ0n) is 16.9. The normalized spacial score (nSPS) is 11.0. The Bertz CT molecular complexity index is 971. The van der Waals surface area contributed by atoms with Crippen LogP contribution in [-0.2, 0) is 7.05 Å².